The SMILES string of the molecule is ClC(Cl)(Cl)C[C@@H](Br)c1ccccc1. The molecule has 0 bridgehead atoms. The number of rotatable bonds is 2. The number of hydrogen-bond acceptors (Lipinski definition) is 0. The topological polar surface area (TPSA) is 0 Å². The Morgan fingerprint density at radius 1 is 1.15 bits per heavy atom. The lowest BCUT2D eigenvalue weighted by atomic mass is 10.1. The van der Waals surface area contributed by atoms with Crippen molar-refractivity contribution < 1.29 is 0 Å². The van der Waals surface area contributed by atoms with E-state index < -0.39 is 3.79 Å². The van der Waals surface area contributed by atoms with Crippen LogP contribution in [0, 0.1) is 0 Å². The second-order valence-electron chi connectivity index (χ2n) is 2.70. The van der Waals surface area contributed by atoms with Crippen molar-refractivity contribution in [1.82, 2.24) is 0 Å². The van der Waals surface area contributed by atoms with Crippen LogP contribution in [0.3, 0.4) is 0 Å². The van der Waals surface area contributed by atoms with E-state index in [9.17, 15) is 0 Å². The summed E-state index contributed by atoms with van der Waals surface area (Å²) in [6.45, 7) is 0. The molecule has 1 aromatic rings. The van der Waals surface area contributed by atoms with E-state index in [1.165, 1.54) is 0 Å². The van der Waals surface area contributed by atoms with E-state index in [-0.39, 0.29) is 4.83 Å². The zero-order chi connectivity index (χ0) is 9.90. The second-order valence-corrected chi connectivity index (χ2v) is 6.32. The minimum absolute atomic E-state index is 0.0844. The maximum Gasteiger partial charge on any atom is 0.192 e. The molecule has 0 amide bonds. The first-order chi connectivity index (χ1) is 5.99. The normalized spacial score (nSPS) is 14.2. The molecular weight excluding hydrogens is 294 g/mol. The van der Waals surface area contributed by atoms with E-state index in [0.717, 1.165) is 5.56 Å². The maximum absolute atomic E-state index is 5.68. The van der Waals surface area contributed by atoms with Crippen molar-refractivity contribution in [2.24, 2.45) is 0 Å². The van der Waals surface area contributed by atoms with Crippen LogP contribution >= 0.6 is 50.7 Å². The van der Waals surface area contributed by atoms with Gasteiger partial charge in [0.25, 0.3) is 0 Å². The molecule has 0 unspecified atom stereocenters. The van der Waals surface area contributed by atoms with Crippen molar-refractivity contribution in [3.63, 3.8) is 0 Å². The van der Waals surface area contributed by atoms with Gasteiger partial charge in [-0.3, -0.25) is 0 Å². The van der Waals surface area contributed by atoms with Crippen LogP contribution in [0.4, 0.5) is 0 Å². The van der Waals surface area contributed by atoms with Crippen LogP contribution in [0.25, 0.3) is 0 Å². The van der Waals surface area contributed by atoms with Crippen LogP contribution in [-0.2, 0) is 0 Å². The number of alkyl halides is 4. The summed E-state index contributed by atoms with van der Waals surface area (Å²) in [7, 11) is 0. The third-order valence-electron chi connectivity index (χ3n) is 1.57. The highest BCUT2D eigenvalue weighted by Gasteiger charge is 2.24. The molecule has 72 valence electrons. The largest absolute Gasteiger partial charge is 0.192 e. The monoisotopic (exact) mass is 300 g/mol. The summed E-state index contributed by atoms with van der Waals surface area (Å²) in [5.74, 6) is 0. The van der Waals surface area contributed by atoms with E-state index in [2.05, 4.69) is 15.9 Å². The van der Waals surface area contributed by atoms with Gasteiger partial charge in [-0.2, -0.15) is 0 Å². The summed E-state index contributed by atoms with van der Waals surface area (Å²) in [6, 6.07) is 9.87. The lowest BCUT2D eigenvalue weighted by Crippen LogP contribution is -2.05. The molecule has 0 fully saturated rings. The highest BCUT2D eigenvalue weighted by molar-refractivity contribution is 9.09. The number of halogens is 4. The Hall–Kier alpha value is 0.570. The second kappa shape index (κ2) is 4.88. The predicted molar refractivity (Wildman–Crippen MR) is 63.0 cm³/mol. The summed E-state index contributed by atoms with van der Waals surface area (Å²) in [5, 5.41) is 0. The average molecular weight is 302 g/mol. The molecule has 0 saturated heterocycles. The number of hydrogen-bond donors (Lipinski definition) is 0. The molecule has 0 aliphatic heterocycles. The van der Waals surface area contributed by atoms with Gasteiger partial charge < -0.3 is 0 Å². The Balaban J connectivity index is 2.64. The molecular formula is C9H8BrCl3. The smallest absolute Gasteiger partial charge is 0.0837 e. The van der Waals surface area contributed by atoms with Gasteiger partial charge in [0.15, 0.2) is 3.79 Å². The molecule has 0 radical (unpaired) electrons. The molecule has 4 heteroatoms. The zero-order valence-electron chi connectivity index (χ0n) is 6.68. The summed E-state index contributed by atoms with van der Waals surface area (Å²) >= 11 is 20.5. The Kier molecular flexibility index (Phi) is 4.37. The Labute approximate surface area is 101 Å². The summed E-state index contributed by atoms with van der Waals surface area (Å²) in [5.41, 5.74) is 1.12. The standard InChI is InChI=1S/C9H8BrCl3/c10-8(6-9(11,12)13)7-4-2-1-3-5-7/h1-5,8H,6H2/t8-/m1/s1. The van der Waals surface area contributed by atoms with E-state index >= 15 is 0 Å². The molecule has 0 aromatic heterocycles. The van der Waals surface area contributed by atoms with E-state index in [0.29, 0.717) is 6.42 Å². The van der Waals surface area contributed by atoms with Crippen LogP contribution in [0.5, 0.6) is 0 Å². The Morgan fingerprint density at radius 3 is 2.15 bits per heavy atom. The first-order valence-electron chi connectivity index (χ1n) is 3.75. The van der Waals surface area contributed by atoms with Crippen LogP contribution in [0.15, 0.2) is 30.3 Å². The molecule has 0 aliphatic rings. The third-order valence-corrected chi connectivity index (χ3v) is 2.89. The highest BCUT2D eigenvalue weighted by atomic mass is 79.9. The number of benzene rings is 1. The van der Waals surface area contributed by atoms with Gasteiger partial charge >= 0.3 is 0 Å². The van der Waals surface area contributed by atoms with Crippen LogP contribution in [-0.4, -0.2) is 3.79 Å². The fourth-order valence-electron chi connectivity index (χ4n) is 0.983. The van der Waals surface area contributed by atoms with Crippen molar-refractivity contribution in [3.05, 3.63) is 35.9 Å². The predicted octanol–water partition coefficient (Wildman–Crippen LogP) is 4.88. The van der Waals surface area contributed by atoms with Crippen molar-refractivity contribution in [3.8, 4) is 0 Å². The van der Waals surface area contributed by atoms with Gasteiger partial charge in [0, 0.05) is 11.2 Å². The highest BCUT2D eigenvalue weighted by Crippen LogP contribution is 2.40. The lowest BCUT2D eigenvalue weighted by molar-refractivity contribution is 0.843. The molecule has 0 nitrogen and oxygen atoms in total. The molecule has 1 rings (SSSR count). The quantitative estimate of drug-likeness (QED) is 0.683. The van der Waals surface area contributed by atoms with E-state index in [1.807, 2.05) is 30.3 Å². The lowest BCUT2D eigenvalue weighted by Gasteiger charge is -2.15. The molecule has 0 heterocycles. The fourth-order valence-corrected chi connectivity index (χ4v) is 2.80. The van der Waals surface area contributed by atoms with Gasteiger partial charge in [-0.1, -0.05) is 81.1 Å². The van der Waals surface area contributed by atoms with Crippen LogP contribution < -0.4 is 0 Å². The summed E-state index contributed by atoms with van der Waals surface area (Å²) in [4.78, 5) is 0.0844. The molecule has 1 atom stereocenters. The molecule has 13 heavy (non-hydrogen) atoms. The first-order valence-corrected chi connectivity index (χ1v) is 5.80. The molecule has 1 aromatic carbocycles. The fraction of sp³-hybridized carbons (Fsp3) is 0.333. The van der Waals surface area contributed by atoms with E-state index in [4.69, 9.17) is 34.8 Å². The van der Waals surface area contributed by atoms with Crippen molar-refractivity contribution in [2.45, 2.75) is 15.0 Å². The molecule has 0 N–H and O–H groups in total. The zero-order valence-corrected chi connectivity index (χ0v) is 10.5. The van der Waals surface area contributed by atoms with Gasteiger partial charge in [-0.25, -0.2) is 0 Å². The Bertz CT molecular complexity index is 255. The summed E-state index contributed by atoms with van der Waals surface area (Å²) in [6.07, 6.45) is 0.460. The minimum Gasteiger partial charge on any atom is -0.0837 e. The average Bonchev–Trinajstić information content (AvgIpc) is 2.03. The van der Waals surface area contributed by atoms with Gasteiger partial charge in [-0.15, -0.1) is 0 Å². The summed E-state index contributed by atoms with van der Waals surface area (Å²) < 4.78 is -1.20. The van der Waals surface area contributed by atoms with Crippen molar-refractivity contribution >= 4 is 50.7 Å². The Morgan fingerprint density at radius 2 is 1.69 bits per heavy atom. The van der Waals surface area contributed by atoms with Crippen molar-refractivity contribution in [2.75, 3.05) is 0 Å². The van der Waals surface area contributed by atoms with Gasteiger partial charge in [0.05, 0.1) is 0 Å². The molecule has 0 saturated carbocycles. The van der Waals surface area contributed by atoms with Gasteiger partial charge in [-0.05, 0) is 5.56 Å². The van der Waals surface area contributed by atoms with Gasteiger partial charge in [0.1, 0.15) is 0 Å². The molecule has 0 aliphatic carbocycles. The van der Waals surface area contributed by atoms with Gasteiger partial charge in [0.2, 0.25) is 0 Å². The maximum atomic E-state index is 5.68. The van der Waals surface area contributed by atoms with Crippen LogP contribution in [0.2, 0.25) is 0 Å². The van der Waals surface area contributed by atoms with Crippen molar-refractivity contribution in [1.29, 1.82) is 0 Å². The minimum atomic E-state index is -1.20. The van der Waals surface area contributed by atoms with Crippen LogP contribution in [0.1, 0.15) is 16.8 Å². The molecule has 0 spiro atoms. The third kappa shape index (κ3) is 4.55. The first kappa shape index (κ1) is 11.6. The van der Waals surface area contributed by atoms with E-state index in [1.54, 1.807) is 0 Å².